The maximum absolute atomic E-state index is 13.2. The van der Waals surface area contributed by atoms with Crippen LogP contribution in [0.1, 0.15) is 15.9 Å². The average Bonchev–Trinajstić information content (AvgIpc) is 3.29. The Bertz CT molecular complexity index is 1240. The highest BCUT2D eigenvalue weighted by molar-refractivity contribution is 5.95. The van der Waals surface area contributed by atoms with Crippen LogP contribution < -0.4 is 10.2 Å². The van der Waals surface area contributed by atoms with Gasteiger partial charge < -0.3 is 9.15 Å². The molecule has 4 rings (SSSR count). The molecule has 1 N–H and O–H groups in total. The Balaban J connectivity index is 1.45. The molecule has 0 saturated heterocycles. The fourth-order valence-corrected chi connectivity index (χ4v) is 2.85. The third-order valence-corrected chi connectivity index (χ3v) is 4.38. The lowest BCUT2D eigenvalue weighted by molar-refractivity contribution is 0.0955. The van der Waals surface area contributed by atoms with Crippen molar-refractivity contribution in [1.82, 2.24) is 15.6 Å². The molecule has 0 spiro atoms. The molecule has 0 atom stereocenters. The van der Waals surface area contributed by atoms with E-state index in [0.717, 1.165) is 0 Å². The van der Waals surface area contributed by atoms with Gasteiger partial charge in [-0.25, -0.2) is 9.82 Å². The van der Waals surface area contributed by atoms with E-state index in [1.165, 1.54) is 18.3 Å². The zero-order valence-electron chi connectivity index (χ0n) is 16.4. The van der Waals surface area contributed by atoms with Gasteiger partial charge in [0.25, 0.3) is 11.8 Å². The molecule has 1 aromatic heterocycles. The van der Waals surface area contributed by atoms with Gasteiger partial charge in [-0.3, -0.25) is 4.79 Å². The van der Waals surface area contributed by atoms with Crippen molar-refractivity contribution < 1.29 is 18.3 Å². The van der Waals surface area contributed by atoms with E-state index in [1.807, 2.05) is 24.3 Å². The van der Waals surface area contributed by atoms with Gasteiger partial charge in [0.1, 0.15) is 11.6 Å². The lowest BCUT2D eigenvalue weighted by Crippen LogP contribution is -2.17. The number of benzene rings is 3. The van der Waals surface area contributed by atoms with Crippen LogP contribution in [0, 0.1) is 5.82 Å². The molecule has 7 nitrogen and oxygen atoms in total. The number of hydrazone groups is 1. The number of hydrogen-bond donors (Lipinski definition) is 1. The van der Waals surface area contributed by atoms with E-state index in [1.54, 1.807) is 43.5 Å². The second-order valence-electron chi connectivity index (χ2n) is 6.44. The van der Waals surface area contributed by atoms with Crippen molar-refractivity contribution in [3.63, 3.8) is 0 Å². The van der Waals surface area contributed by atoms with Crippen LogP contribution in [0.5, 0.6) is 5.75 Å². The van der Waals surface area contributed by atoms with Crippen LogP contribution in [0.2, 0.25) is 0 Å². The minimum atomic E-state index is -0.403. The minimum absolute atomic E-state index is 0.317. The number of carbonyl (C=O) groups excluding carboxylic acids is 1. The molecule has 154 valence electrons. The van der Waals surface area contributed by atoms with Crippen molar-refractivity contribution in [2.75, 3.05) is 7.11 Å². The number of nitrogens with one attached hydrogen (secondary N) is 1. The summed E-state index contributed by atoms with van der Waals surface area (Å²) in [6, 6.07) is 19.9. The first-order chi connectivity index (χ1) is 15.1. The predicted molar refractivity (Wildman–Crippen MR) is 113 cm³/mol. The van der Waals surface area contributed by atoms with Gasteiger partial charge in [0.2, 0.25) is 5.89 Å². The molecule has 31 heavy (non-hydrogen) atoms. The first-order valence-corrected chi connectivity index (χ1v) is 9.30. The van der Waals surface area contributed by atoms with Gasteiger partial charge in [-0.1, -0.05) is 24.3 Å². The number of hydrogen-bond acceptors (Lipinski definition) is 6. The zero-order chi connectivity index (χ0) is 21.6. The number of para-hydroxylation sites is 1. The van der Waals surface area contributed by atoms with Crippen molar-refractivity contribution in [3.8, 4) is 28.7 Å². The summed E-state index contributed by atoms with van der Waals surface area (Å²) in [6.07, 6.45) is 1.37. The van der Waals surface area contributed by atoms with Crippen molar-refractivity contribution in [1.29, 1.82) is 0 Å². The summed E-state index contributed by atoms with van der Waals surface area (Å²) < 4.78 is 24.2. The van der Waals surface area contributed by atoms with Gasteiger partial charge in [0, 0.05) is 11.1 Å². The van der Waals surface area contributed by atoms with Crippen LogP contribution >= 0.6 is 0 Å². The van der Waals surface area contributed by atoms with E-state index in [2.05, 4.69) is 20.7 Å². The van der Waals surface area contributed by atoms with Crippen molar-refractivity contribution in [2.45, 2.75) is 0 Å². The molecule has 0 fully saturated rings. The monoisotopic (exact) mass is 416 g/mol. The molecule has 0 aliphatic heterocycles. The molecule has 8 heteroatoms. The fraction of sp³-hybridized carbons (Fsp3) is 0.0435. The van der Waals surface area contributed by atoms with Crippen molar-refractivity contribution >= 4 is 12.1 Å². The SMILES string of the molecule is COc1ccccc1-c1nnc(-c2ccc(C(=O)N/N=C/c3cccc(F)c3)cc2)o1. The van der Waals surface area contributed by atoms with Crippen LogP contribution in [0.15, 0.2) is 82.3 Å². The number of aromatic nitrogens is 2. The molecular formula is C23H17FN4O3. The number of carbonyl (C=O) groups is 1. The van der Waals surface area contributed by atoms with E-state index in [0.29, 0.717) is 39.8 Å². The third-order valence-electron chi connectivity index (χ3n) is 4.38. The third kappa shape index (κ3) is 4.64. The molecule has 0 radical (unpaired) electrons. The first-order valence-electron chi connectivity index (χ1n) is 9.30. The Morgan fingerprint density at radius 1 is 1.03 bits per heavy atom. The quantitative estimate of drug-likeness (QED) is 0.374. The fourth-order valence-electron chi connectivity index (χ4n) is 2.85. The minimum Gasteiger partial charge on any atom is -0.496 e. The highest BCUT2D eigenvalue weighted by Crippen LogP contribution is 2.30. The largest absolute Gasteiger partial charge is 0.496 e. The smallest absolute Gasteiger partial charge is 0.271 e. The van der Waals surface area contributed by atoms with E-state index in [4.69, 9.17) is 9.15 Å². The van der Waals surface area contributed by atoms with Gasteiger partial charge in [0.05, 0.1) is 18.9 Å². The Morgan fingerprint density at radius 3 is 2.58 bits per heavy atom. The van der Waals surface area contributed by atoms with Gasteiger partial charge in [-0.15, -0.1) is 10.2 Å². The zero-order valence-corrected chi connectivity index (χ0v) is 16.4. The van der Waals surface area contributed by atoms with E-state index >= 15 is 0 Å². The summed E-state index contributed by atoms with van der Waals surface area (Å²) in [5.74, 6) is 0.502. The highest BCUT2D eigenvalue weighted by atomic mass is 19.1. The van der Waals surface area contributed by atoms with Crippen molar-refractivity contribution in [3.05, 3.63) is 89.7 Å². The van der Waals surface area contributed by atoms with Gasteiger partial charge >= 0.3 is 0 Å². The molecule has 1 heterocycles. The Hall–Kier alpha value is -4.33. The molecular weight excluding hydrogens is 399 g/mol. The maximum atomic E-state index is 13.2. The van der Waals surface area contributed by atoms with Gasteiger partial charge in [0.15, 0.2) is 0 Å². The second kappa shape index (κ2) is 9.00. The number of methoxy groups -OCH3 is 1. The molecule has 3 aromatic carbocycles. The maximum Gasteiger partial charge on any atom is 0.271 e. The molecule has 4 aromatic rings. The molecule has 0 unspecified atom stereocenters. The van der Waals surface area contributed by atoms with Gasteiger partial charge in [-0.2, -0.15) is 5.10 Å². The molecule has 0 bridgehead atoms. The summed E-state index contributed by atoms with van der Waals surface area (Å²) in [7, 11) is 1.57. The standard InChI is InChI=1S/C23H17FN4O3/c1-30-20-8-3-2-7-19(20)23-28-27-22(31-23)17-11-9-16(10-12-17)21(29)26-25-14-15-5-4-6-18(24)13-15/h2-14H,1H3,(H,26,29)/b25-14+. The Labute approximate surface area is 177 Å². The lowest BCUT2D eigenvalue weighted by Gasteiger charge is -2.03. The number of nitrogens with zero attached hydrogens (tertiary/aromatic N) is 3. The number of ether oxygens (including phenoxy) is 1. The van der Waals surface area contributed by atoms with Crippen LogP contribution in [0.4, 0.5) is 4.39 Å². The molecule has 0 aliphatic rings. The van der Waals surface area contributed by atoms with E-state index in [-0.39, 0.29) is 5.82 Å². The summed E-state index contributed by atoms with van der Waals surface area (Å²) in [5, 5.41) is 12.0. The molecule has 0 saturated carbocycles. The Kier molecular flexibility index (Phi) is 5.79. The summed E-state index contributed by atoms with van der Waals surface area (Å²) >= 11 is 0. The number of rotatable bonds is 6. The predicted octanol–water partition coefficient (Wildman–Crippen LogP) is 4.32. The average molecular weight is 416 g/mol. The summed E-state index contributed by atoms with van der Waals surface area (Å²) in [4.78, 5) is 12.2. The van der Waals surface area contributed by atoms with Crippen LogP contribution in [0.3, 0.4) is 0 Å². The van der Waals surface area contributed by atoms with E-state index < -0.39 is 5.91 Å². The summed E-state index contributed by atoms with van der Waals surface area (Å²) in [5.41, 5.74) is 4.69. The van der Waals surface area contributed by atoms with Crippen LogP contribution in [-0.2, 0) is 0 Å². The van der Waals surface area contributed by atoms with E-state index in [9.17, 15) is 9.18 Å². The number of amides is 1. The molecule has 1 amide bonds. The first kappa shape index (κ1) is 20.0. The van der Waals surface area contributed by atoms with Crippen molar-refractivity contribution in [2.24, 2.45) is 5.10 Å². The lowest BCUT2D eigenvalue weighted by atomic mass is 10.1. The van der Waals surface area contributed by atoms with Gasteiger partial charge in [-0.05, 0) is 54.1 Å². The molecule has 0 aliphatic carbocycles. The van der Waals surface area contributed by atoms with Crippen LogP contribution in [0.25, 0.3) is 22.9 Å². The summed E-state index contributed by atoms with van der Waals surface area (Å²) in [6.45, 7) is 0. The normalized spacial score (nSPS) is 10.9. The second-order valence-corrected chi connectivity index (χ2v) is 6.44. The number of halogens is 1. The Morgan fingerprint density at radius 2 is 1.81 bits per heavy atom. The van der Waals surface area contributed by atoms with Crippen LogP contribution in [-0.4, -0.2) is 29.4 Å². The highest BCUT2D eigenvalue weighted by Gasteiger charge is 2.14. The topological polar surface area (TPSA) is 89.6 Å².